The van der Waals surface area contributed by atoms with Crippen LogP contribution in [-0.4, -0.2) is 37.7 Å². The molecule has 0 saturated carbocycles. The van der Waals surface area contributed by atoms with Crippen molar-refractivity contribution >= 4 is 39.9 Å². The molecule has 134 valence electrons. The molecule has 0 radical (unpaired) electrons. The molecule has 1 heterocycles. The second-order valence-electron chi connectivity index (χ2n) is 4.77. The third-order valence-electron chi connectivity index (χ3n) is 3.11. The van der Waals surface area contributed by atoms with Crippen LogP contribution >= 0.6 is 22.9 Å². The number of carbonyl (C=O) groups excluding carboxylic acids is 2. The number of thiazole rings is 1. The SMILES string of the molecule is CCOc1c(Cl)cc(C(=O)Nc2nc(CC(=O)OC)cs2)cc1OC. The molecule has 1 N–H and O–H groups in total. The molecule has 1 amide bonds. The first kappa shape index (κ1) is 19.0. The molecule has 25 heavy (non-hydrogen) atoms. The molecule has 2 rings (SSSR count). The Morgan fingerprint density at radius 2 is 2.08 bits per heavy atom. The van der Waals surface area contributed by atoms with Gasteiger partial charge in [0.15, 0.2) is 16.6 Å². The summed E-state index contributed by atoms with van der Waals surface area (Å²) in [5, 5.41) is 4.98. The topological polar surface area (TPSA) is 86.8 Å². The van der Waals surface area contributed by atoms with Gasteiger partial charge in [-0.25, -0.2) is 4.98 Å². The van der Waals surface area contributed by atoms with E-state index in [4.69, 9.17) is 21.1 Å². The Morgan fingerprint density at radius 1 is 1.32 bits per heavy atom. The maximum absolute atomic E-state index is 12.4. The van der Waals surface area contributed by atoms with Crippen molar-refractivity contribution < 1.29 is 23.8 Å². The second-order valence-corrected chi connectivity index (χ2v) is 6.04. The third-order valence-corrected chi connectivity index (χ3v) is 4.19. The van der Waals surface area contributed by atoms with Gasteiger partial charge >= 0.3 is 5.97 Å². The molecule has 0 unspecified atom stereocenters. The molecule has 0 bridgehead atoms. The molecular weight excluding hydrogens is 368 g/mol. The van der Waals surface area contributed by atoms with Crippen molar-refractivity contribution in [3.63, 3.8) is 0 Å². The smallest absolute Gasteiger partial charge is 0.311 e. The van der Waals surface area contributed by atoms with Gasteiger partial charge in [0.25, 0.3) is 5.91 Å². The average molecular weight is 385 g/mol. The van der Waals surface area contributed by atoms with Gasteiger partial charge in [0.05, 0.1) is 38.0 Å². The van der Waals surface area contributed by atoms with E-state index >= 15 is 0 Å². The number of hydrogen-bond donors (Lipinski definition) is 1. The maximum Gasteiger partial charge on any atom is 0.311 e. The highest BCUT2D eigenvalue weighted by atomic mass is 35.5. The Bertz CT molecular complexity index is 778. The van der Waals surface area contributed by atoms with Crippen LogP contribution in [0.1, 0.15) is 23.0 Å². The number of esters is 1. The standard InChI is InChI=1S/C16H17ClN2O5S/c1-4-24-14-11(17)5-9(6-12(14)22-2)15(21)19-16-18-10(8-25-16)7-13(20)23-3/h5-6,8H,4,7H2,1-3H3,(H,18,19,21). The first-order valence-corrected chi connectivity index (χ1v) is 8.57. The first-order valence-electron chi connectivity index (χ1n) is 7.31. The van der Waals surface area contributed by atoms with E-state index in [2.05, 4.69) is 15.0 Å². The van der Waals surface area contributed by atoms with Crippen molar-refractivity contribution in [1.82, 2.24) is 4.98 Å². The van der Waals surface area contributed by atoms with Crippen LogP contribution in [0.3, 0.4) is 0 Å². The zero-order chi connectivity index (χ0) is 18.4. The lowest BCUT2D eigenvalue weighted by Gasteiger charge is -2.12. The Balaban J connectivity index is 2.15. The predicted octanol–water partition coefficient (Wildman–Crippen LogP) is 3.17. The molecule has 0 aliphatic carbocycles. The lowest BCUT2D eigenvalue weighted by Crippen LogP contribution is -2.12. The molecule has 7 nitrogen and oxygen atoms in total. The van der Waals surface area contributed by atoms with Crippen molar-refractivity contribution in [2.45, 2.75) is 13.3 Å². The number of nitrogens with zero attached hydrogens (tertiary/aromatic N) is 1. The zero-order valence-electron chi connectivity index (χ0n) is 13.9. The zero-order valence-corrected chi connectivity index (χ0v) is 15.5. The van der Waals surface area contributed by atoms with Crippen molar-refractivity contribution in [1.29, 1.82) is 0 Å². The number of nitrogens with one attached hydrogen (secondary N) is 1. The van der Waals surface area contributed by atoms with E-state index < -0.39 is 11.9 Å². The number of amides is 1. The lowest BCUT2D eigenvalue weighted by molar-refractivity contribution is -0.139. The molecule has 0 saturated heterocycles. The van der Waals surface area contributed by atoms with Gasteiger partial charge in [-0.1, -0.05) is 11.6 Å². The van der Waals surface area contributed by atoms with Crippen LogP contribution in [0.25, 0.3) is 0 Å². The van der Waals surface area contributed by atoms with Gasteiger partial charge in [0.2, 0.25) is 0 Å². The van der Waals surface area contributed by atoms with Crippen LogP contribution in [0.15, 0.2) is 17.5 Å². The molecule has 0 atom stereocenters. The Morgan fingerprint density at radius 3 is 2.72 bits per heavy atom. The quantitative estimate of drug-likeness (QED) is 0.738. The number of anilines is 1. The molecule has 2 aromatic rings. The number of rotatable bonds is 7. The fraction of sp³-hybridized carbons (Fsp3) is 0.312. The largest absolute Gasteiger partial charge is 0.493 e. The van der Waals surface area contributed by atoms with E-state index in [9.17, 15) is 9.59 Å². The summed E-state index contributed by atoms with van der Waals surface area (Å²) in [6.07, 6.45) is 0.0472. The van der Waals surface area contributed by atoms with Gasteiger partial charge in [-0.2, -0.15) is 0 Å². The van der Waals surface area contributed by atoms with Crippen molar-refractivity contribution in [2.75, 3.05) is 26.1 Å². The van der Waals surface area contributed by atoms with E-state index in [0.717, 1.165) is 0 Å². The molecule has 0 aliphatic rings. The summed E-state index contributed by atoms with van der Waals surface area (Å²) >= 11 is 7.38. The Kier molecular flexibility index (Phi) is 6.60. The predicted molar refractivity (Wildman–Crippen MR) is 95.0 cm³/mol. The molecule has 9 heteroatoms. The van der Waals surface area contributed by atoms with Crippen molar-refractivity contribution in [3.8, 4) is 11.5 Å². The highest BCUT2D eigenvalue weighted by Crippen LogP contribution is 2.36. The van der Waals surface area contributed by atoms with Gasteiger partial charge in [0.1, 0.15) is 0 Å². The summed E-state index contributed by atoms with van der Waals surface area (Å²) < 4.78 is 15.2. The van der Waals surface area contributed by atoms with Crippen molar-refractivity contribution in [2.24, 2.45) is 0 Å². The number of methoxy groups -OCH3 is 2. The Hall–Kier alpha value is -2.32. The van der Waals surface area contributed by atoms with E-state index in [1.807, 2.05) is 6.92 Å². The van der Waals surface area contributed by atoms with Gasteiger partial charge < -0.3 is 14.2 Å². The number of hydrogen-bond acceptors (Lipinski definition) is 7. The highest BCUT2D eigenvalue weighted by molar-refractivity contribution is 7.14. The van der Waals surface area contributed by atoms with Gasteiger partial charge in [0, 0.05) is 10.9 Å². The van der Waals surface area contributed by atoms with Crippen LogP contribution in [0.4, 0.5) is 5.13 Å². The molecule has 0 aliphatic heterocycles. The molecular formula is C16H17ClN2O5S. The molecule has 1 aromatic heterocycles. The minimum Gasteiger partial charge on any atom is -0.493 e. The number of carbonyl (C=O) groups is 2. The summed E-state index contributed by atoms with van der Waals surface area (Å²) in [4.78, 5) is 27.8. The average Bonchev–Trinajstić information content (AvgIpc) is 3.03. The number of halogens is 1. The Labute approximate surface area is 153 Å². The van der Waals surface area contributed by atoms with E-state index in [1.54, 1.807) is 5.38 Å². The summed E-state index contributed by atoms with van der Waals surface area (Å²) in [6.45, 7) is 2.24. The van der Waals surface area contributed by atoms with Gasteiger partial charge in [-0.3, -0.25) is 14.9 Å². The van der Waals surface area contributed by atoms with Crippen LogP contribution in [0, 0.1) is 0 Å². The van der Waals surface area contributed by atoms with Crippen LogP contribution in [0.2, 0.25) is 5.02 Å². The fourth-order valence-corrected chi connectivity index (χ4v) is 2.94. The highest BCUT2D eigenvalue weighted by Gasteiger charge is 2.17. The minimum atomic E-state index is -0.401. The monoisotopic (exact) mass is 384 g/mol. The minimum absolute atomic E-state index is 0.0472. The summed E-state index contributed by atoms with van der Waals surface area (Å²) in [5.41, 5.74) is 0.824. The number of aromatic nitrogens is 1. The lowest BCUT2D eigenvalue weighted by atomic mass is 10.2. The van der Waals surface area contributed by atoms with Crippen LogP contribution in [-0.2, 0) is 16.0 Å². The normalized spacial score (nSPS) is 10.2. The summed E-state index contributed by atoms with van der Waals surface area (Å²) in [6, 6.07) is 3.03. The number of benzene rings is 1. The second kappa shape index (κ2) is 8.68. The molecule has 0 fully saturated rings. The van der Waals surface area contributed by atoms with E-state index in [0.29, 0.717) is 34.5 Å². The fourth-order valence-electron chi connectivity index (χ4n) is 1.97. The number of ether oxygens (including phenoxy) is 3. The van der Waals surface area contributed by atoms with E-state index in [1.165, 1.54) is 37.7 Å². The van der Waals surface area contributed by atoms with Crippen LogP contribution in [0.5, 0.6) is 11.5 Å². The van der Waals surface area contributed by atoms with Gasteiger partial charge in [-0.15, -0.1) is 11.3 Å². The van der Waals surface area contributed by atoms with Gasteiger partial charge in [-0.05, 0) is 19.1 Å². The summed E-state index contributed by atoms with van der Waals surface area (Å²) in [5.74, 6) is -0.0451. The maximum atomic E-state index is 12.4. The van der Waals surface area contributed by atoms with Crippen LogP contribution < -0.4 is 14.8 Å². The summed E-state index contributed by atoms with van der Waals surface area (Å²) in [7, 11) is 2.77. The molecule has 0 spiro atoms. The first-order chi connectivity index (χ1) is 12.0. The molecule has 1 aromatic carbocycles. The van der Waals surface area contributed by atoms with Crippen molar-refractivity contribution in [3.05, 3.63) is 33.8 Å². The van der Waals surface area contributed by atoms with E-state index in [-0.39, 0.29) is 11.4 Å². The third kappa shape index (κ3) is 4.83.